The number of amides is 2. The summed E-state index contributed by atoms with van der Waals surface area (Å²) >= 11 is 7.40. The third-order valence-corrected chi connectivity index (χ3v) is 6.88. The molecule has 0 bridgehead atoms. The Morgan fingerprint density at radius 1 is 0.944 bits per heavy atom. The first-order valence-electron chi connectivity index (χ1n) is 12.0. The lowest BCUT2D eigenvalue weighted by molar-refractivity contribution is -0.139. The number of benzene rings is 3. The van der Waals surface area contributed by atoms with Crippen molar-refractivity contribution in [2.75, 3.05) is 12.3 Å². The Kier molecular flexibility index (Phi) is 10.8. The summed E-state index contributed by atoms with van der Waals surface area (Å²) in [6.45, 7) is 4.85. The van der Waals surface area contributed by atoms with Crippen LogP contribution in [-0.4, -0.2) is 35.1 Å². The lowest BCUT2D eigenvalue weighted by Crippen LogP contribution is -2.51. The van der Waals surface area contributed by atoms with Gasteiger partial charge in [-0.2, -0.15) is 0 Å². The number of nitrogens with one attached hydrogen (secondary N) is 1. The quantitative estimate of drug-likeness (QED) is 0.309. The van der Waals surface area contributed by atoms with Crippen LogP contribution in [0.5, 0.6) is 0 Å². The molecule has 0 aliphatic carbocycles. The maximum absolute atomic E-state index is 14.0. The number of nitrogens with zero attached hydrogens (tertiary/aromatic N) is 1. The standard InChI is InChI=1S/C29H32ClFN2O2S/c1-21(2)17-32-29(35)27(16-22-8-4-3-5-9-22)33(18-23-12-14-25(30)15-13-23)28(34)20-36-19-24-10-6-7-11-26(24)31/h3-15,21,27H,16-20H2,1-2H3,(H,32,35)/t27-/m1/s1. The topological polar surface area (TPSA) is 49.4 Å². The van der Waals surface area contributed by atoms with E-state index in [0.29, 0.717) is 29.3 Å². The molecule has 0 saturated carbocycles. The summed E-state index contributed by atoms with van der Waals surface area (Å²) in [5, 5.41) is 3.62. The summed E-state index contributed by atoms with van der Waals surface area (Å²) in [5.41, 5.74) is 2.40. The van der Waals surface area contributed by atoms with Crippen LogP contribution in [0.3, 0.4) is 0 Å². The van der Waals surface area contributed by atoms with Crippen LogP contribution in [0.15, 0.2) is 78.9 Å². The molecule has 0 aliphatic heterocycles. The van der Waals surface area contributed by atoms with Crippen molar-refractivity contribution in [3.8, 4) is 0 Å². The molecule has 2 amide bonds. The molecule has 3 aromatic rings. The molecule has 36 heavy (non-hydrogen) atoms. The minimum Gasteiger partial charge on any atom is -0.354 e. The van der Waals surface area contributed by atoms with Gasteiger partial charge in [0.25, 0.3) is 0 Å². The molecule has 0 saturated heterocycles. The smallest absolute Gasteiger partial charge is 0.243 e. The van der Waals surface area contributed by atoms with Crippen LogP contribution in [0, 0.1) is 11.7 Å². The van der Waals surface area contributed by atoms with Gasteiger partial charge in [0.1, 0.15) is 11.9 Å². The summed E-state index contributed by atoms with van der Waals surface area (Å²) < 4.78 is 14.0. The molecule has 0 radical (unpaired) electrons. The zero-order chi connectivity index (χ0) is 25.9. The summed E-state index contributed by atoms with van der Waals surface area (Å²) in [4.78, 5) is 28.6. The minimum atomic E-state index is -0.691. The van der Waals surface area contributed by atoms with Gasteiger partial charge in [-0.1, -0.05) is 86.1 Å². The number of carbonyl (C=O) groups excluding carboxylic acids is 2. The van der Waals surface area contributed by atoms with Crippen molar-refractivity contribution in [3.63, 3.8) is 0 Å². The van der Waals surface area contributed by atoms with Crippen LogP contribution in [0.4, 0.5) is 4.39 Å². The molecule has 0 spiro atoms. The van der Waals surface area contributed by atoms with E-state index in [1.54, 1.807) is 35.2 Å². The molecule has 3 rings (SSSR count). The van der Waals surface area contributed by atoms with Gasteiger partial charge in [0.2, 0.25) is 11.8 Å². The zero-order valence-corrected chi connectivity index (χ0v) is 22.2. The fourth-order valence-electron chi connectivity index (χ4n) is 3.71. The van der Waals surface area contributed by atoms with Crippen molar-refractivity contribution < 1.29 is 14.0 Å². The highest BCUT2D eigenvalue weighted by Gasteiger charge is 2.30. The third-order valence-electron chi connectivity index (χ3n) is 5.66. The van der Waals surface area contributed by atoms with Crippen LogP contribution < -0.4 is 5.32 Å². The Labute approximate surface area is 222 Å². The second-order valence-electron chi connectivity index (χ2n) is 9.08. The predicted octanol–water partition coefficient (Wildman–Crippen LogP) is 6.12. The van der Waals surface area contributed by atoms with E-state index >= 15 is 0 Å². The maximum atomic E-state index is 14.0. The van der Waals surface area contributed by atoms with Gasteiger partial charge in [0.05, 0.1) is 5.75 Å². The van der Waals surface area contributed by atoms with Crippen LogP contribution in [0.25, 0.3) is 0 Å². The molecule has 7 heteroatoms. The number of thioether (sulfide) groups is 1. The highest BCUT2D eigenvalue weighted by molar-refractivity contribution is 7.99. The fourth-order valence-corrected chi connectivity index (χ4v) is 4.73. The molecule has 1 atom stereocenters. The lowest BCUT2D eigenvalue weighted by Gasteiger charge is -2.32. The molecule has 0 heterocycles. The Bertz CT molecular complexity index is 1130. The molecule has 190 valence electrons. The SMILES string of the molecule is CC(C)CNC(=O)[C@@H](Cc1ccccc1)N(Cc1ccc(Cl)cc1)C(=O)CSCc1ccccc1F. The molecule has 4 nitrogen and oxygen atoms in total. The minimum absolute atomic E-state index is 0.130. The van der Waals surface area contributed by atoms with E-state index in [1.807, 2.05) is 56.3 Å². The number of hydrogen-bond acceptors (Lipinski definition) is 3. The van der Waals surface area contributed by atoms with Crippen molar-refractivity contribution in [1.29, 1.82) is 0 Å². The van der Waals surface area contributed by atoms with Crippen molar-refractivity contribution in [2.45, 2.75) is 38.6 Å². The molecule has 0 unspecified atom stereocenters. The normalized spacial score (nSPS) is 11.8. The summed E-state index contributed by atoms with van der Waals surface area (Å²) in [6, 6.07) is 22.8. The predicted molar refractivity (Wildman–Crippen MR) is 146 cm³/mol. The van der Waals surface area contributed by atoms with E-state index in [-0.39, 0.29) is 35.8 Å². The maximum Gasteiger partial charge on any atom is 0.243 e. The van der Waals surface area contributed by atoms with E-state index in [9.17, 15) is 14.0 Å². The molecular formula is C29H32ClFN2O2S. The van der Waals surface area contributed by atoms with Crippen molar-refractivity contribution in [2.24, 2.45) is 5.92 Å². The van der Waals surface area contributed by atoms with Gasteiger partial charge in [-0.3, -0.25) is 9.59 Å². The third kappa shape index (κ3) is 8.68. The summed E-state index contributed by atoms with van der Waals surface area (Å²) in [6.07, 6.45) is 0.391. The second kappa shape index (κ2) is 14.0. The average Bonchev–Trinajstić information content (AvgIpc) is 2.87. The van der Waals surface area contributed by atoms with Gasteiger partial charge in [-0.05, 0) is 40.8 Å². The average molecular weight is 527 g/mol. The van der Waals surface area contributed by atoms with E-state index in [4.69, 9.17) is 11.6 Å². The van der Waals surface area contributed by atoms with E-state index in [1.165, 1.54) is 17.8 Å². The van der Waals surface area contributed by atoms with Gasteiger partial charge >= 0.3 is 0 Å². The number of hydrogen-bond donors (Lipinski definition) is 1. The molecule has 3 aromatic carbocycles. The highest BCUT2D eigenvalue weighted by Crippen LogP contribution is 2.20. The number of carbonyl (C=O) groups is 2. The molecule has 0 aliphatic rings. The van der Waals surface area contributed by atoms with Gasteiger partial charge in [0, 0.05) is 30.3 Å². The van der Waals surface area contributed by atoms with E-state index in [0.717, 1.165) is 11.1 Å². The Morgan fingerprint density at radius 2 is 1.61 bits per heavy atom. The Balaban J connectivity index is 1.84. The van der Waals surface area contributed by atoms with Crippen molar-refractivity contribution in [3.05, 3.63) is 106 Å². The Morgan fingerprint density at radius 3 is 2.28 bits per heavy atom. The first-order chi connectivity index (χ1) is 17.3. The summed E-state index contributed by atoms with van der Waals surface area (Å²) in [5.74, 6) is 0.135. The zero-order valence-electron chi connectivity index (χ0n) is 20.6. The molecule has 0 fully saturated rings. The van der Waals surface area contributed by atoms with Gasteiger partial charge in [-0.15, -0.1) is 11.8 Å². The summed E-state index contributed by atoms with van der Waals surface area (Å²) in [7, 11) is 0. The van der Waals surface area contributed by atoms with Crippen LogP contribution in [0.2, 0.25) is 5.02 Å². The van der Waals surface area contributed by atoms with Crippen molar-refractivity contribution >= 4 is 35.2 Å². The van der Waals surface area contributed by atoms with Gasteiger partial charge in [-0.25, -0.2) is 4.39 Å². The molecule has 1 N–H and O–H groups in total. The van der Waals surface area contributed by atoms with Crippen LogP contribution >= 0.6 is 23.4 Å². The van der Waals surface area contributed by atoms with Crippen LogP contribution in [0.1, 0.15) is 30.5 Å². The van der Waals surface area contributed by atoms with Crippen molar-refractivity contribution in [1.82, 2.24) is 10.2 Å². The Hall–Kier alpha value is -2.83. The number of halogens is 2. The van der Waals surface area contributed by atoms with Crippen LogP contribution in [-0.2, 0) is 28.3 Å². The van der Waals surface area contributed by atoms with E-state index < -0.39 is 6.04 Å². The van der Waals surface area contributed by atoms with Gasteiger partial charge < -0.3 is 10.2 Å². The number of rotatable bonds is 12. The molecule has 0 aromatic heterocycles. The van der Waals surface area contributed by atoms with Gasteiger partial charge in [0.15, 0.2) is 0 Å². The largest absolute Gasteiger partial charge is 0.354 e. The van der Waals surface area contributed by atoms with E-state index in [2.05, 4.69) is 5.32 Å². The fraction of sp³-hybridized carbons (Fsp3) is 0.310. The highest BCUT2D eigenvalue weighted by atomic mass is 35.5. The first-order valence-corrected chi connectivity index (χ1v) is 13.5. The monoisotopic (exact) mass is 526 g/mol. The molecular weight excluding hydrogens is 495 g/mol. The lowest BCUT2D eigenvalue weighted by atomic mass is 10.0. The second-order valence-corrected chi connectivity index (χ2v) is 10.5. The first kappa shape index (κ1) is 27.8.